The van der Waals surface area contributed by atoms with Crippen molar-refractivity contribution in [3.05, 3.63) is 24.3 Å². The number of anilines is 1. The van der Waals surface area contributed by atoms with E-state index in [1.54, 1.807) is 12.1 Å². The van der Waals surface area contributed by atoms with Crippen LogP contribution < -0.4 is 10.5 Å². The van der Waals surface area contributed by atoms with E-state index < -0.39 is 10.0 Å². The zero-order chi connectivity index (χ0) is 15.3. The molecule has 6 nitrogen and oxygen atoms in total. The van der Waals surface area contributed by atoms with Crippen molar-refractivity contribution in [3.63, 3.8) is 0 Å². The second kappa shape index (κ2) is 6.91. The minimum atomic E-state index is -3.70. The first-order valence-corrected chi connectivity index (χ1v) is 8.70. The average molecular weight is 311 g/mol. The van der Waals surface area contributed by atoms with Crippen LogP contribution in [0, 0.1) is 0 Å². The van der Waals surface area contributed by atoms with Gasteiger partial charge in [0.1, 0.15) is 0 Å². The summed E-state index contributed by atoms with van der Waals surface area (Å²) in [7, 11) is -3.70. The van der Waals surface area contributed by atoms with Gasteiger partial charge in [-0.25, -0.2) is 18.4 Å². The molecule has 0 aliphatic carbocycles. The number of hydrogen-bond donors (Lipinski definition) is 2. The van der Waals surface area contributed by atoms with Crippen molar-refractivity contribution in [3.8, 4) is 0 Å². The number of nitrogens with two attached hydrogens (primary N) is 1. The summed E-state index contributed by atoms with van der Waals surface area (Å²) in [6, 6.07) is 5.72. The number of nitrogens with one attached hydrogen (secondary N) is 1. The predicted molar refractivity (Wildman–Crippen MR) is 81.5 cm³/mol. The van der Waals surface area contributed by atoms with Crippen molar-refractivity contribution < 1.29 is 13.2 Å². The predicted octanol–water partition coefficient (Wildman–Crippen LogP) is 2.13. The lowest BCUT2D eigenvalue weighted by Crippen LogP contribution is -2.37. The van der Waals surface area contributed by atoms with Crippen molar-refractivity contribution in [2.24, 2.45) is 5.14 Å². The maximum absolute atomic E-state index is 12.2. The van der Waals surface area contributed by atoms with Gasteiger partial charge >= 0.3 is 6.03 Å². The number of primary sulfonamides is 1. The summed E-state index contributed by atoms with van der Waals surface area (Å²) in [6.45, 7) is 1.53. The maximum Gasteiger partial charge on any atom is 0.321 e. The quantitative estimate of drug-likeness (QED) is 0.876. The fraction of sp³-hybridized carbons (Fsp3) is 0.500. The van der Waals surface area contributed by atoms with Gasteiger partial charge < -0.3 is 10.2 Å². The SMILES string of the molecule is NS(=O)(=O)c1ccc(NC(=O)N2CCCCCCC2)cc1. The van der Waals surface area contributed by atoms with E-state index in [1.165, 1.54) is 18.6 Å². The molecule has 0 unspecified atom stereocenters. The Labute approximate surface area is 125 Å². The van der Waals surface area contributed by atoms with Crippen LogP contribution in [0.3, 0.4) is 0 Å². The van der Waals surface area contributed by atoms with E-state index in [0.29, 0.717) is 5.69 Å². The van der Waals surface area contributed by atoms with E-state index in [1.807, 2.05) is 4.90 Å². The summed E-state index contributed by atoms with van der Waals surface area (Å²) >= 11 is 0. The van der Waals surface area contributed by atoms with E-state index in [4.69, 9.17) is 5.14 Å². The topological polar surface area (TPSA) is 92.5 Å². The molecule has 0 spiro atoms. The fourth-order valence-corrected chi connectivity index (χ4v) is 2.90. The number of nitrogens with zero attached hydrogens (tertiary/aromatic N) is 1. The van der Waals surface area contributed by atoms with Crippen LogP contribution in [0.5, 0.6) is 0 Å². The molecule has 7 heteroatoms. The Hall–Kier alpha value is -1.60. The number of urea groups is 1. The van der Waals surface area contributed by atoms with Crippen molar-refractivity contribution in [1.82, 2.24) is 4.90 Å². The maximum atomic E-state index is 12.2. The van der Waals surface area contributed by atoms with Crippen LogP contribution in [0.1, 0.15) is 32.1 Å². The van der Waals surface area contributed by atoms with Crippen molar-refractivity contribution in [2.75, 3.05) is 18.4 Å². The lowest BCUT2D eigenvalue weighted by molar-refractivity contribution is 0.206. The van der Waals surface area contributed by atoms with Gasteiger partial charge in [-0.3, -0.25) is 0 Å². The zero-order valence-electron chi connectivity index (χ0n) is 11.9. The Kier molecular flexibility index (Phi) is 5.19. The van der Waals surface area contributed by atoms with Crippen molar-refractivity contribution >= 4 is 21.7 Å². The van der Waals surface area contributed by atoms with Crippen LogP contribution in [0.15, 0.2) is 29.2 Å². The molecule has 0 bridgehead atoms. The molecule has 21 heavy (non-hydrogen) atoms. The molecular weight excluding hydrogens is 290 g/mol. The highest BCUT2D eigenvalue weighted by atomic mass is 32.2. The van der Waals surface area contributed by atoms with Crippen LogP contribution in [-0.4, -0.2) is 32.4 Å². The van der Waals surface area contributed by atoms with Gasteiger partial charge in [-0.2, -0.15) is 0 Å². The summed E-state index contributed by atoms with van der Waals surface area (Å²) in [6.07, 6.45) is 5.61. The molecule has 3 N–H and O–H groups in total. The lowest BCUT2D eigenvalue weighted by atomic mass is 10.1. The van der Waals surface area contributed by atoms with E-state index >= 15 is 0 Å². The van der Waals surface area contributed by atoms with Gasteiger partial charge in [0.25, 0.3) is 0 Å². The Morgan fingerprint density at radius 3 is 2.05 bits per heavy atom. The van der Waals surface area contributed by atoms with Crippen LogP contribution in [-0.2, 0) is 10.0 Å². The van der Waals surface area contributed by atoms with Crippen LogP contribution >= 0.6 is 0 Å². The summed E-state index contributed by atoms with van der Waals surface area (Å²) in [4.78, 5) is 14.0. The second-order valence-corrected chi connectivity index (χ2v) is 6.82. The van der Waals surface area contributed by atoms with Gasteiger partial charge in [-0.15, -0.1) is 0 Å². The van der Waals surface area contributed by atoms with E-state index in [0.717, 1.165) is 38.8 Å². The number of sulfonamides is 1. The lowest BCUT2D eigenvalue weighted by Gasteiger charge is -2.25. The van der Waals surface area contributed by atoms with Gasteiger partial charge in [0, 0.05) is 18.8 Å². The average Bonchev–Trinajstić information content (AvgIpc) is 2.37. The number of amides is 2. The molecule has 0 atom stereocenters. The van der Waals surface area contributed by atoms with E-state index in [2.05, 4.69) is 5.32 Å². The van der Waals surface area contributed by atoms with Gasteiger partial charge in [0.15, 0.2) is 0 Å². The first-order chi connectivity index (χ1) is 9.97. The minimum Gasteiger partial charge on any atom is -0.325 e. The number of likely N-dealkylation sites (tertiary alicyclic amines) is 1. The smallest absolute Gasteiger partial charge is 0.321 e. The molecule has 0 aromatic heterocycles. The Balaban J connectivity index is 1.98. The van der Waals surface area contributed by atoms with Crippen molar-refractivity contribution in [1.29, 1.82) is 0 Å². The number of benzene rings is 1. The minimum absolute atomic E-state index is 0.0340. The van der Waals surface area contributed by atoms with Crippen molar-refractivity contribution in [2.45, 2.75) is 37.0 Å². The van der Waals surface area contributed by atoms with Gasteiger partial charge in [0.05, 0.1) is 4.90 Å². The number of hydrogen-bond acceptors (Lipinski definition) is 3. The molecule has 1 aromatic carbocycles. The second-order valence-electron chi connectivity index (χ2n) is 5.25. The molecule has 116 valence electrons. The third-order valence-corrected chi connectivity index (χ3v) is 4.51. The summed E-state index contributed by atoms with van der Waals surface area (Å²) in [5.74, 6) is 0. The standard InChI is InChI=1S/C14H21N3O3S/c15-21(19,20)13-8-6-12(7-9-13)16-14(18)17-10-4-2-1-3-5-11-17/h6-9H,1-5,10-11H2,(H,16,18)(H2,15,19,20). The molecular formula is C14H21N3O3S. The zero-order valence-corrected chi connectivity index (χ0v) is 12.7. The van der Waals surface area contributed by atoms with Gasteiger partial charge in [0.2, 0.25) is 10.0 Å². The molecule has 1 saturated heterocycles. The van der Waals surface area contributed by atoms with Crippen LogP contribution in [0.2, 0.25) is 0 Å². The van der Waals surface area contributed by atoms with E-state index in [-0.39, 0.29) is 10.9 Å². The molecule has 1 aliphatic rings. The largest absolute Gasteiger partial charge is 0.325 e. The number of carbonyl (C=O) groups is 1. The first kappa shape index (κ1) is 15.8. The summed E-state index contributed by atoms with van der Waals surface area (Å²) in [5.41, 5.74) is 0.564. The van der Waals surface area contributed by atoms with Gasteiger partial charge in [-0.05, 0) is 37.1 Å². The molecule has 0 saturated carbocycles. The number of carbonyl (C=O) groups excluding carboxylic acids is 1. The third kappa shape index (κ3) is 4.71. The summed E-state index contributed by atoms with van der Waals surface area (Å²) in [5, 5.41) is 7.82. The monoisotopic (exact) mass is 311 g/mol. The molecule has 2 amide bonds. The molecule has 1 aliphatic heterocycles. The first-order valence-electron chi connectivity index (χ1n) is 7.15. The Morgan fingerprint density at radius 1 is 1.00 bits per heavy atom. The molecule has 1 aromatic rings. The highest BCUT2D eigenvalue weighted by molar-refractivity contribution is 7.89. The third-order valence-electron chi connectivity index (χ3n) is 3.58. The Bertz CT molecular complexity index is 576. The van der Waals surface area contributed by atoms with Gasteiger partial charge in [-0.1, -0.05) is 19.3 Å². The molecule has 0 radical (unpaired) electrons. The molecule has 1 heterocycles. The normalized spacial score (nSPS) is 16.9. The van der Waals surface area contributed by atoms with Crippen LogP contribution in [0.25, 0.3) is 0 Å². The number of rotatable bonds is 2. The highest BCUT2D eigenvalue weighted by Crippen LogP contribution is 2.15. The molecule has 2 rings (SSSR count). The molecule has 1 fully saturated rings. The summed E-state index contributed by atoms with van der Waals surface area (Å²) < 4.78 is 22.3. The van der Waals surface area contributed by atoms with E-state index in [9.17, 15) is 13.2 Å². The fourth-order valence-electron chi connectivity index (χ4n) is 2.38. The Morgan fingerprint density at radius 2 is 1.52 bits per heavy atom. The van der Waals surface area contributed by atoms with Crippen LogP contribution in [0.4, 0.5) is 10.5 Å². The highest BCUT2D eigenvalue weighted by Gasteiger charge is 2.15.